The molecule has 0 aromatic heterocycles. The molecule has 0 heterocycles. The zero-order valence-corrected chi connectivity index (χ0v) is 9.93. The van der Waals surface area contributed by atoms with E-state index in [1.807, 2.05) is 0 Å². The summed E-state index contributed by atoms with van der Waals surface area (Å²) in [5, 5.41) is 13.9. The maximum Gasteiger partial charge on any atom is 0.209 e. The summed E-state index contributed by atoms with van der Waals surface area (Å²) >= 11 is 0. The number of rotatable bonds is 6. The van der Waals surface area contributed by atoms with Crippen molar-refractivity contribution in [1.82, 2.24) is 10.0 Å². The first-order valence-corrected chi connectivity index (χ1v) is 6.21. The van der Waals surface area contributed by atoms with Crippen molar-refractivity contribution in [2.75, 3.05) is 19.3 Å². The fraction of sp³-hybridized carbons (Fsp3) is 0.857. The van der Waals surface area contributed by atoms with Gasteiger partial charge >= 0.3 is 0 Å². The van der Waals surface area contributed by atoms with E-state index in [4.69, 9.17) is 10.9 Å². The minimum atomic E-state index is -3.24. The summed E-state index contributed by atoms with van der Waals surface area (Å²) in [6, 6.07) is 0. The summed E-state index contributed by atoms with van der Waals surface area (Å²) < 4.78 is 24.4. The Morgan fingerprint density at radius 2 is 2.07 bits per heavy atom. The van der Waals surface area contributed by atoms with Gasteiger partial charge in [0.1, 0.15) is 0 Å². The summed E-state index contributed by atoms with van der Waals surface area (Å²) in [4.78, 5) is 0. The van der Waals surface area contributed by atoms with Crippen molar-refractivity contribution in [3.05, 3.63) is 0 Å². The van der Waals surface area contributed by atoms with Crippen molar-refractivity contribution in [3.63, 3.8) is 0 Å². The molecule has 0 rings (SSSR count). The predicted octanol–water partition coefficient (Wildman–Crippen LogP) is -1.35. The van der Waals surface area contributed by atoms with Crippen LogP contribution in [0.4, 0.5) is 0 Å². The highest BCUT2D eigenvalue weighted by Crippen LogP contribution is 2.01. The topological polar surface area (TPSA) is 117 Å². The van der Waals surface area contributed by atoms with E-state index >= 15 is 0 Å². The van der Waals surface area contributed by atoms with Gasteiger partial charge in [0.05, 0.1) is 12.8 Å². The van der Waals surface area contributed by atoms with Crippen LogP contribution >= 0.6 is 0 Å². The second-order valence-corrected chi connectivity index (χ2v) is 5.70. The maximum absolute atomic E-state index is 11.0. The van der Waals surface area contributed by atoms with Gasteiger partial charge in [-0.15, -0.1) is 0 Å². The van der Waals surface area contributed by atoms with Gasteiger partial charge in [0.25, 0.3) is 0 Å². The standard InChI is InChI=1S/C7H18N4O3S/c1-7(2,11-15(3,13)14)5-9-4-6(8)10-12/h9,11-12H,4-5H2,1-3H3,(H2,8,10). The lowest BCUT2D eigenvalue weighted by Crippen LogP contribution is -2.51. The van der Waals surface area contributed by atoms with Crippen LogP contribution in [0, 0.1) is 0 Å². The van der Waals surface area contributed by atoms with E-state index in [2.05, 4.69) is 15.2 Å². The van der Waals surface area contributed by atoms with Gasteiger partial charge in [-0.05, 0) is 13.8 Å². The molecule has 0 saturated heterocycles. The zero-order valence-electron chi connectivity index (χ0n) is 9.11. The highest BCUT2D eigenvalue weighted by molar-refractivity contribution is 7.88. The van der Waals surface area contributed by atoms with Gasteiger partial charge in [-0.25, -0.2) is 13.1 Å². The molecule has 7 nitrogen and oxygen atoms in total. The molecule has 0 amide bonds. The normalized spacial score (nSPS) is 14.2. The van der Waals surface area contributed by atoms with Crippen LogP contribution in [0.2, 0.25) is 0 Å². The molecule has 0 spiro atoms. The van der Waals surface area contributed by atoms with Crippen LogP contribution in [-0.2, 0) is 10.0 Å². The Bertz CT molecular complexity index is 323. The van der Waals surface area contributed by atoms with E-state index in [0.29, 0.717) is 6.54 Å². The van der Waals surface area contributed by atoms with Gasteiger partial charge in [0.15, 0.2) is 5.84 Å². The number of oxime groups is 1. The van der Waals surface area contributed by atoms with Crippen LogP contribution in [0.5, 0.6) is 0 Å². The third-order valence-electron chi connectivity index (χ3n) is 1.46. The molecule has 0 aliphatic rings. The van der Waals surface area contributed by atoms with Crippen molar-refractivity contribution in [3.8, 4) is 0 Å². The first-order chi connectivity index (χ1) is 6.66. The molecule has 0 aliphatic carbocycles. The number of hydrogen-bond donors (Lipinski definition) is 4. The van der Waals surface area contributed by atoms with Gasteiger partial charge in [-0.2, -0.15) is 0 Å². The lowest BCUT2D eigenvalue weighted by atomic mass is 10.1. The van der Waals surface area contributed by atoms with Crippen LogP contribution in [0.3, 0.4) is 0 Å². The van der Waals surface area contributed by atoms with E-state index in [1.165, 1.54) is 0 Å². The molecule has 0 bridgehead atoms. The highest BCUT2D eigenvalue weighted by Gasteiger charge is 2.21. The molecule has 8 heteroatoms. The molecule has 90 valence electrons. The van der Waals surface area contributed by atoms with Gasteiger partial charge in [-0.1, -0.05) is 5.16 Å². The number of nitrogens with zero attached hydrogens (tertiary/aromatic N) is 1. The Labute approximate surface area is 89.8 Å². The largest absolute Gasteiger partial charge is 0.409 e. The average molecular weight is 238 g/mol. The summed E-state index contributed by atoms with van der Waals surface area (Å²) in [5.74, 6) is 0.0464. The maximum atomic E-state index is 11.0. The van der Waals surface area contributed by atoms with Crippen molar-refractivity contribution in [2.24, 2.45) is 10.9 Å². The number of hydrogen-bond acceptors (Lipinski definition) is 5. The summed E-state index contributed by atoms with van der Waals surface area (Å²) in [5.41, 5.74) is 4.61. The van der Waals surface area contributed by atoms with Crippen molar-refractivity contribution >= 4 is 15.9 Å². The lowest BCUT2D eigenvalue weighted by molar-refractivity contribution is 0.316. The molecule has 0 aromatic carbocycles. The molecular formula is C7H18N4O3S. The Morgan fingerprint density at radius 3 is 2.47 bits per heavy atom. The molecule has 5 N–H and O–H groups in total. The van der Waals surface area contributed by atoms with Gasteiger partial charge in [-0.3, -0.25) is 0 Å². The fourth-order valence-electron chi connectivity index (χ4n) is 1.08. The second-order valence-electron chi connectivity index (χ2n) is 3.95. The van der Waals surface area contributed by atoms with Crippen LogP contribution in [-0.4, -0.2) is 44.3 Å². The third kappa shape index (κ3) is 8.16. The SMILES string of the molecule is CC(C)(CNCC(N)=NO)NS(C)(=O)=O. The quantitative estimate of drug-likeness (QED) is 0.197. The molecule has 15 heavy (non-hydrogen) atoms. The number of sulfonamides is 1. The van der Waals surface area contributed by atoms with Gasteiger partial charge in [0, 0.05) is 12.1 Å². The van der Waals surface area contributed by atoms with E-state index < -0.39 is 15.6 Å². The van der Waals surface area contributed by atoms with Crippen molar-refractivity contribution in [2.45, 2.75) is 19.4 Å². The van der Waals surface area contributed by atoms with Crippen LogP contribution < -0.4 is 15.8 Å². The number of amidine groups is 1. The van der Waals surface area contributed by atoms with E-state index in [-0.39, 0.29) is 12.4 Å². The number of nitrogens with one attached hydrogen (secondary N) is 2. The molecule has 0 aliphatic heterocycles. The van der Waals surface area contributed by atoms with Crippen LogP contribution in [0.15, 0.2) is 5.16 Å². The molecule has 0 fully saturated rings. The molecule has 0 unspecified atom stereocenters. The van der Waals surface area contributed by atoms with Crippen LogP contribution in [0.1, 0.15) is 13.8 Å². The molecule has 0 atom stereocenters. The van der Waals surface area contributed by atoms with Gasteiger partial charge in [0.2, 0.25) is 10.0 Å². The Kier molecular flexibility index (Phi) is 4.98. The molecule has 0 saturated carbocycles. The molecular weight excluding hydrogens is 220 g/mol. The summed E-state index contributed by atoms with van der Waals surface area (Å²) in [7, 11) is -3.24. The monoisotopic (exact) mass is 238 g/mol. The lowest BCUT2D eigenvalue weighted by Gasteiger charge is -2.25. The Morgan fingerprint density at radius 1 is 1.53 bits per heavy atom. The first kappa shape index (κ1) is 14.1. The number of nitrogens with two attached hydrogens (primary N) is 1. The Hall–Kier alpha value is -0.860. The average Bonchev–Trinajstić information content (AvgIpc) is 1.98. The third-order valence-corrected chi connectivity index (χ3v) is 2.39. The minimum Gasteiger partial charge on any atom is -0.409 e. The van der Waals surface area contributed by atoms with Crippen LogP contribution in [0.25, 0.3) is 0 Å². The fourth-order valence-corrected chi connectivity index (χ4v) is 2.15. The summed E-state index contributed by atoms with van der Waals surface area (Å²) in [6.07, 6.45) is 1.10. The van der Waals surface area contributed by atoms with E-state index in [1.54, 1.807) is 13.8 Å². The van der Waals surface area contributed by atoms with Crippen molar-refractivity contribution in [1.29, 1.82) is 0 Å². The predicted molar refractivity (Wildman–Crippen MR) is 58.3 cm³/mol. The highest BCUT2D eigenvalue weighted by atomic mass is 32.2. The molecule has 0 aromatic rings. The minimum absolute atomic E-state index is 0.0464. The van der Waals surface area contributed by atoms with Crippen molar-refractivity contribution < 1.29 is 13.6 Å². The zero-order chi connectivity index (χ0) is 12.1. The van der Waals surface area contributed by atoms with E-state index in [0.717, 1.165) is 6.26 Å². The summed E-state index contributed by atoms with van der Waals surface area (Å²) in [6.45, 7) is 4.03. The van der Waals surface area contributed by atoms with E-state index in [9.17, 15) is 8.42 Å². The van der Waals surface area contributed by atoms with Gasteiger partial charge < -0.3 is 16.3 Å². The second kappa shape index (κ2) is 5.29. The Balaban J connectivity index is 4.06. The smallest absolute Gasteiger partial charge is 0.209 e. The molecule has 0 radical (unpaired) electrons. The first-order valence-electron chi connectivity index (χ1n) is 4.32.